The van der Waals surface area contributed by atoms with Gasteiger partial charge in [0.25, 0.3) is 11.8 Å². The van der Waals surface area contributed by atoms with Crippen LogP contribution in [0.2, 0.25) is 5.02 Å². The lowest BCUT2D eigenvalue weighted by Gasteiger charge is -2.17. The van der Waals surface area contributed by atoms with Gasteiger partial charge in [-0.1, -0.05) is 23.7 Å². The largest absolute Gasteiger partial charge is 0.454 e. The molecule has 1 aliphatic rings. The highest BCUT2D eigenvalue weighted by atomic mass is 35.5. The molecule has 10 heteroatoms. The molecule has 4 rings (SSSR count). The Morgan fingerprint density at radius 3 is 2.19 bits per heavy atom. The molecule has 0 fully saturated rings. The molecule has 0 atom stereocenters. The molecule has 0 saturated carbocycles. The van der Waals surface area contributed by atoms with Crippen molar-refractivity contribution in [3.05, 3.63) is 98.6 Å². The summed E-state index contributed by atoms with van der Waals surface area (Å²) in [6, 6.07) is 10.9. The molecule has 2 amide bonds. The maximum atomic E-state index is 13.2. The number of rotatable bonds is 5. The van der Waals surface area contributed by atoms with Crippen LogP contribution >= 0.6 is 11.6 Å². The van der Waals surface area contributed by atoms with Gasteiger partial charge in [0.05, 0.1) is 33.0 Å². The van der Waals surface area contributed by atoms with E-state index in [0.717, 1.165) is 29.3 Å². The number of esters is 1. The van der Waals surface area contributed by atoms with E-state index < -0.39 is 47.6 Å². The standard InChI is InChI=1S/C26H17ClF3NO5/c1-13-3-4-15(9-14(13)2)22(32)12-36-25(35)16-5-7-18-19(10-16)24(34)31(23(18)33)21-11-17(26(28,29)30)6-8-20(21)27/h3-11H,12H2,1-2H3. The van der Waals surface area contributed by atoms with Crippen LogP contribution in [-0.4, -0.2) is 30.2 Å². The Morgan fingerprint density at radius 1 is 0.861 bits per heavy atom. The van der Waals surface area contributed by atoms with Crippen LogP contribution in [0, 0.1) is 13.8 Å². The van der Waals surface area contributed by atoms with Crippen LogP contribution < -0.4 is 4.90 Å². The Morgan fingerprint density at radius 2 is 1.53 bits per heavy atom. The Bertz CT molecular complexity index is 1450. The quantitative estimate of drug-likeness (QED) is 0.243. The number of benzene rings is 3. The third-order valence-corrected chi connectivity index (χ3v) is 6.12. The average Bonchev–Trinajstić information content (AvgIpc) is 3.08. The molecule has 1 heterocycles. The average molecular weight is 516 g/mol. The highest BCUT2D eigenvalue weighted by Crippen LogP contribution is 2.38. The summed E-state index contributed by atoms with van der Waals surface area (Å²) in [5, 5.41) is -0.234. The summed E-state index contributed by atoms with van der Waals surface area (Å²) in [6.45, 7) is 3.19. The minimum atomic E-state index is -4.72. The van der Waals surface area contributed by atoms with Gasteiger partial charge in [-0.2, -0.15) is 13.2 Å². The predicted octanol–water partition coefficient (Wildman–Crippen LogP) is 5.82. The van der Waals surface area contributed by atoms with Gasteiger partial charge in [0.15, 0.2) is 12.4 Å². The number of Topliss-reactive ketones (excluding diaryl/α,β-unsaturated/α-hetero) is 1. The van der Waals surface area contributed by atoms with Gasteiger partial charge in [0.1, 0.15) is 0 Å². The Hall–Kier alpha value is -3.98. The van der Waals surface area contributed by atoms with Gasteiger partial charge >= 0.3 is 12.1 Å². The Balaban J connectivity index is 1.55. The minimum absolute atomic E-state index is 0.111. The molecule has 0 N–H and O–H groups in total. The molecule has 6 nitrogen and oxygen atoms in total. The molecule has 0 spiro atoms. The van der Waals surface area contributed by atoms with Crippen LogP contribution in [0.3, 0.4) is 0 Å². The molecule has 0 radical (unpaired) electrons. The van der Waals surface area contributed by atoms with Gasteiger partial charge in [0, 0.05) is 5.56 Å². The van der Waals surface area contributed by atoms with Crippen molar-refractivity contribution in [3.8, 4) is 0 Å². The zero-order valence-corrected chi connectivity index (χ0v) is 19.7. The number of amides is 2. The zero-order valence-electron chi connectivity index (χ0n) is 18.9. The number of halogens is 4. The van der Waals surface area contributed by atoms with E-state index in [9.17, 15) is 32.3 Å². The van der Waals surface area contributed by atoms with E-state index in [1.54, 1.807) is 18.2 Å². The molecule has 3 aromatic carbocycles. The van der Waals surface area contributed by atoms with Gasteiger partial charge < -0.3 is 4.74 Å². The first-order valence-corrected chi connectivity index (χ1v) is 10.9. The number of anilines is 1. The minimum Gasteiger partial charge on any atom is -0.454 e. The van der Waals surface area contributed by atoms with Crippen LogP contribution in [0.4, 0.5) is 18.9 Å². The lowest BCUT2D eigenvalue weighted by Crippen LogP contribution is -2.30. The topological polar surface area (TPSA) is 80.8 Å². The zero-order chi connectivity index (χ0) is 26.4. The third-order valence-electron chi connectivity index (χ3n) is 5.80. The molecule has 0 saturated heterocycles. The molecule has 0 aliphatic carbocycles. The predicted molar refractivity (Wildman–Crippen MR) is 125 cm³/mol. The third kappa shape index (κ3) is 4.61. The number of hydrogen-bond acceptors (Lipinski definition) is 5. The van der Waals surface area contributed by atoms with E-state index in [1.165, 1.54) is 12.1 Å². The summed E-state index contributed by atoms with van der Waals surface area (Å²) in [6.07, 6.45) is -4.72. The number of fused-ring (bicyclic) bond motifs is 1. The van der Waals surface area contributed by atoms with Crippen LogP contribution in [0.5, 0.6) is 0 Å². The molecule has 36 heavy (non-hydrogen) atoms. The van der Waals surface area contributed by atoms with Crippen LogP contribution in [-0.2, 0) is 10.9 Å². The normalized spacial score (nSPS) is 13.1. The second-order valence-electron chi connectivity index (χ2n) is 8.17. The molecule has 0 unspecified atom stereocenters. The van der Waals surface area contributed by atoms with Crippen LogP contribution in [0.15, 0.2) is 54.6 Å². The summed E-state index contributed by atoms with van der Waals surface area (Å²) in [7, 11) is 0. The van der Waals surface area contributed by atoms with Crippen molar-refractivity contribution < 1.29 is 37.1 Å². The number of imide groups is 1. The number of ketones is 1. The summed E-state index contributed by atoms with van der Waals surface area (Å²) in [4.78, 5) is 51.2. The fraction of sp³-hybridized carbons (Fsp3) is 0.154. The molecule has 1 aliphatic heterocycles. The molecule has 0 bridgehead atoms. The lowest BCUT2D eigenvalue weighted by molar-refractivity contribution is -0.137. The number of carbonyl (C=O) groups excluding carboxylic acids is 4. The molecule has 3 aromatic rings. The number of alkyl halides is 3. The fourth-order valence-corrected chi connectivity index (χ4v) is 3.86. The number of carbonyl (C=O) groups is 4. The smallest absolute Gasteiger partial charge is 0.416 e. The van der Waals surface area contributed by atoms with Crippen molar-refractivity contribution >= 4 is 40.9 Å². The number of nitrogens with zero attached hydrogens (tertiary/aromatic N) is 1. The maximum Gasteiger partial charge on any atom is 0.416 e. The molecular weight excluding hydrogens is 499 g/mol. The molecule has 0 aromatic heterocycles. The Labute approximate surface area is 208 Å². The highest BCUT2D eigenvalue weighted by molar-refractivity contribution is 6.40. The van der Waals surface area contributed by atoms with E-state index in [-0.39, 0.29) is 21.7 Å². The van der Waals surface area contributed by atoms with Gasteiger partial charge in [-0.25, -0.2) is 9.69 Å². The van der Waals surface area contributed by atoms with Gasteiger partial charge in [-0.15, -0.1) is 0 Å². The van der Waals surface area contributed by atoms with Crippen molar-refractivity contribution in [2.45, 2.75) is 20.0 Å². The second kappa shape index (κ2) is 9.23. The summed E-state index contributed by atoms with van der Waals surface area (Å²) >= 11 is 6.00. The first-order chi connectivity index (χ1) is 16.9. The highest BCUT2D eigenvalue weighted by Gasteiger charge is 2.40. The molecule has 184 valence electrons. The van der Waals surface area contributed by atoms with Crippen LogP contribution in [0.1, 0.15) is 58.1 Å². The number of ether oxygens (including phenoxy) is 1. The fourth-order valence-electron chi connectivity index (χ4n) is 3.66. The maximum absolute atomic E-state index is 13.2. The molecular formula is C26H17ClF3NO5. The summed E-state index contributed by atoms with van der Waals surface area (Å²) in [5.41, 5.74) is 0.325. The Kier molecular flexibility index (Phi) is 6.44. The van der Waals surface area contributed by atoms with Crippen molar-refractivity contribution in [3.63, 3.8) is 0 Å². The van der Waals surface area contributed by atoms with Gasteiger partial charge in [-0.3, -0.25) is 14.4 Å². The van der Waals surface area contributed by atoms with Crippen molar-refractivity contribution in [2.75, 3.05) is 11.5 Å². The van der Waals surface area contributed by atoms with Crippen LogP contribution in [0.25, 0.3) is 0 Å². The van der Waals surface area contributed by atoms with E-state index in [1.807, 2.05) is 13.8 Å². The van der Waals surface area contributed by atoms with E-state index in [0.29, 0.717) is 16.5 Å². The van der Waals surface area contributed by atoms with E-state index in [4.69, 9.17) is 16.3 Å². The van der Waals surface area contributed by atoms with E-state index >= 15 is 0 Å². The first-order valence-electron chi connectivity index (χ1n) is 10.6. The van der Waals surface area contributed by atoms with Crippen molar-refractivity contribution in [1.29, 1.82) is 0 Å². The monoisotopic (exact) mass is 515 g/mol. The first kappa shape index (κ1) is 25.1. The van der Waals surface area contributed by atoms with Gasteiger partial charge in [-0.05, 0) is 67.4 Å². The lowest BCUT2D eigenvalue weighted by atomic mass is 10.0. The van der Waals surface area contributed by atoms with Crippen molar-refractivity contribution in [1.82, 2.24) is 0 Å². The SMILES string of the molecule is Cc1ccc(C(=O)COC(=O)c2ccc3c(c2)C(=O)N(c2cc(C(F)(F)F)ccc2Cl)C3=O)cc1C. The second-order valence-corrected chi connectivity index (χ2v) is 8.58. The summed E-state index contributed by atoms with van der Waals surface area (Å²) < 4.78 is 44.5. The van der Waals surface area contributed by atoms with Crippen molar-refractivity contribution in [2.24, 2.45) is 0 Å². The van der Waals surface area contributed by atoms with Gasteiger partial charge in [0.2, 0.25) is 0 Å². The summed E-state index contributed by atoms with van der Waals surface area (Å²) in [5.74, 6) is -3.17. The van der Waals surface area contributed by atoms with E-state index in [2.05, 4.69) is 0 Å². The number of hydrogen-bond donors (Lipinski definition) is 0. The number of aryl methyl sites for hydroxylation is 2.